The summed E-state index contributed by atoms with van der Waals surface area (Å²) in [6.45, 7) is 7.27. The number of hydrogen-bond acceptors (Lipinski definition) is 6. The molecule has 2 fully saturated rings. The molecule has 8 heteroatoms. The number of carbonyl (C=O) groups excluding carboxylic acids is 1. The molecule has 0 bridgehead atoms. The van der Waals surface area contributed by atoms with Crippen LogP contribution in [0.15, 0.2) is 35.5 Å². The second-order valence-electron chi connectivity index (χ2n) is 8.55. The summed E-state index contributed by atoms with van der Waals surface area (Å²) in [6.07, 6.45) is 5.89. The Bertz CT molecular complexity index is 896. The lowest BCUT2D eigenvalue weighted by molar-refractivity contribution is 0.0927. The van der Waals surface area contributed by atoms with Crippen molar-refractivity contribution < 1.29 is 4.79 Å². The summed E-state index contributed by atoms with van der Waals surface area (Å²) >= 11 is 7.87. The number of likely N-dealkylation sites (N-methyl/N-ethyl adjacent to an activating group) is 1. The molecule has 1 aliphatic carbocycles. The van der Waals surface area contributed by atoms with Gasteiger partial charge in [0, 0.05) is 49.6 Å². The van der Waals surface area contributed by atoms with Gasteiger partial charge in [-0.3, -0.25) is 4.79 Å². The summed E-state index contributed by atoms with van der Waals surface area (Å²) in [5, 5.41) is 4.34. The number of halogens is 1. The van der Waals surface area contributed by atoms with E-state index in [2.05, 4.69) is 27.0 Å². The van der Waals surface area contributed by atoms with Crippen LogP contribution in [0.3, 0.4) is 0 Å². The molecular weight excluding hydrogens is 442 g/mol. The Kier molecular flexibility index (Phi) is 8.27. The van der Waals surface area contributed by atoms with Gasteiger partial charge < -0.3 is 15.1 Å². The van der Waals surface area contributed by atoms with Gasteiger partial charge in [0.1, 0.15) is 11.0 Å². The average Bonchev–Trinajstić information content (AvgIpc) is 2.83. The Morgan fingerprint density at radius 2 is 1.81 bits per heavy atom. The first-order chi connectivity index (χ1) is 15.6. The summed E-state index contributed by atoms with van der Waals surface area (Å²) in [5.74, 6) is 1.66. The van der Waals surface area contributed by atoms with Gasteiger partial charge >= 0.3 is 0 Å². The van der Waals surface area contributed by atoms with Crippen molar-refractivity contribution in [3.8, 4) is 0 Å². The topological polar surface area (TPSA) is 61.4 Å². The average molecular weight is 474 g/mol. The van der Waals surface area contributed by atoms with Crippen LogP contribution in [0, 0.1) is 0 Å². The monoisotopic (exact) mass is 473 g/mol. The number of aromatic nitrogens is 2. The molecule has 1 aromatic heterocycles. The van der Waals surface area contributed by atoms with Gasteiger partial charge in [-0.25, -0.2) is 9.97 Å². The van der Waals surface area contributed by atoms with Crippen LogP contribution in [0.5, 0.6) is 0 Å². The van der Waals surface area contributed by atoms with E-state index in [-0.39, 0.29) is 5.91 Å². The van der Waals surface area contributed by atoms with Crippen molar-refractivity contribution >= 4 is 35.1 Å². The normalized spacial score (nSPS) is 18.0. The number of thioether (sulfide) groups is 1. The quantitative estimate of drug-likeness (QED) is 0.359. The zero-order valence-electron chi connectivity index (χ0n) is 18.7. The number of nitrogens with one attached hydrogen (secondary N) is 1. The van der Waals surface area contributed by atoms with Gasteiger partial charge in [-0.05, 0) is 37.1 Å². The predicted octanol–water partition coefficient (Wildman–Crippen LogP) is 4.63. The Hall–Kier alpha value is -1.83. The molecule has 2 heterocycles. The standard InChI is InChI=1S/C24H32ClN5OS/c1-2-29-12-14-30(15-13-29)22-16-21(25)27-24(28-22)32-17-18-8-10-19(11-9-18)23(31)26-20-6-4-3-5-7-20/h8-11,16,20H,2-7,12-15,17H2,1H3,(H,26,31). The number of piperazine rings is 1. The molecule has 1 saturated carbocycles. The number of hydrogen-bond donors (Lipinski definition) is 1. The van der Waals surface area contributed by atoms with Gasteiger partial charge in [0.2, 0.25) is 0 Å². The number of nitrogens with zero attached hydrogens (tertiary/aromatic N) is 4. The molecule has 4 rings (SSSR count). The molecule has 0 atom stereocenters. The number of rotatable bonds is 7. The summed E-state index contributed by atoms with van der Waals surface area (Å²) in [4.78, 5) is 26.4. The van der Waals surface area contributed by atoms with Crippen molar-refractivity contribution in [2.75, 3.05) is 37.6 Å². The fraction of sp³-hybridized carbons (Fsp3) is 0.542. The molecule has 172 valence electrons. The van der Waals surface area contributed by atoms with Crippen molar-refractivity contribution in [1.82, 2.24) is 20.2 Å². The van der Waals surface area contributed by atoms with Gasteiger partial charge in [0.15, 0.2) is 5.16 Å². The molecule has 0 unspecified atom stereocenters. The highest BCUT2D eigenvalue weighted by molar-refractivity contribution is 7.98. The van der Waals surface area contributed by atoms with Crippen LogP contribution < -0.4 is 10.2 Å². The summed E-state index contributed by atoms with van der Waals surface area (Å²) in [7, 11) is 0. The summed E-state index contributed by atoms with van der Waals surface area (Å²) < 4.78 is 0. The molecule has 1 saturated heterocycles. The van der Waals surface area contributed by atoms with E-state index in [9.17, 15) is 4.79 Å². The highest BCUT2D eigenvalue weighted by Gasteiger charge is 2.19. The maximum Gasteiger partial charge on any atom is 0.251 e. The van der Waals surface area contributed by atoms with Crippen molar-refractivity contribution in [3.05, 3.63) is 46.6 Å². The van der Waals surface area contributed by atoms with Crippen LogP contribution in [0.2, 0.25) is 5.15 Å². The molecule has 0 spiro atoms. The molecule has 2 aliphatic rings. The van der Waals surface area contributed by atoms with Crippen LogP contribution in [0.25, 0.3) is 0 Å². The van der Waals surface area contributed by atoms with Crippen LogP contribution in [0.1, 0.15) is 54.9 Å². The molecule has 2 aromatic rings. The lowest BCUT2D eigenvalue weighted by Crippen LogP contribution is -2.46. The highest BCUT2D eigenvalue weighted by atomic mass is 35.5. The molecular formula is C24H32ClN5OS. The molecule has 1 aromatic carbocycles. The van der Waals surface area contributed by atoms with E-state index in [1.54, 1.807) is 11.8 Å². The summed E-state index contributed by atoms with van der Waals surface area (Å²) in [6, 6.07) is 10.0. The van der Waals surface area contributed by atoms with E-state index >= 15 is 0 Å². The van der Waals surface area contributed by atoms with Crippen molar-refractivity contribution in [1.29, 1.82) is 0 Å². The maximum absolute atomic E-state index is 12.5. The van der Waals surface area contributed by atoms with Gasteiger partial charge in [0.25, 0.3) is 5.91 Å². The fourth-order valence-corrected chi connectivity index (χ4v) is 5.36. The minimum atomic E-state index is 0.0297. The summed E-state index contributed by atoms with van der Waals surface area (Å²) in [5.41, 5.74) is 1.85. The predicted molar refractivity (Wildman–Crippen MR) is 132 cm³/mol. The Morgan fingerprint density at radius 3 is 2.50 bits per heavy atom. The highest BCUT2D eigenvalue weighted by Crippen LogP contribution is 2.25. The van der Waals surface area contributed by atoms with E-state index in [1.165, 1.54) is 19.3 Å². The van der Waals surface area contributed by atoms with Crippen molar-refractivity contribution in [2.45, 2.75) is 56.0 Å². The van der Waals surface area contributed by atoms with Crippen molar-refractivity contribution in [3.63, 3.8) is 0 Å². The zero-order valence-corrected chi connectivity index (χ0v) is 20.3. The van der Waals surface area contributed by atoms with E-state index in [4.69, 9.17) is 16.6 Å². The third-order valence-corrected chi connectivity index (χ3v) is 7.44. The lowest BCUT2D eigenvalue weighted by atomic mass is 9.95. The largest absolute Gasteiger partial charge is 0.354 e. The van der Waals surface area contributed by atoms with Crippen LogP contribution in [0.4, 0.5) is 5.82 Å². The van der Waals surface area contributed by atoms with E-state index < -0.39 is 0 Å². The van der Waals surface area contributed by atoms with Crippen molar-refractivity contribution in [2.24, 2.45) is 0 Å². The second-order valence-corrected chi connectivity index (χ2v) is 9.88. The Balaban J connectivity index is 1.32. The van der Waals surface area contributed by atoms with Gasteiger partial charge in [-0.1, -0.05) is 61.7 Å². The number of benzene rings is 1. The SMILES string of the molecule is CCN1CCN(c2cc(Cl)nc(SCc3ccc(C(=O)NC4CCCCC4)cc3)n2)CC1. The van der Waals surface area contributed by atoms with Crippen LogP contribution >= 0.6 is 23.4 Å². The fourth-order valence-electron chi connectivity index (χ4n) is 4.32. The first-order valence-corrected chi connectivity index (χ1v) is 13.0. The molecule has 1 aliphatic heterocycles. The molecule has 32 heavy (non-hydrogen) atoms. The number of amides is 1. The zero-order chi connectivity index (χ0) is 22.3. The third-order valence-electron chi connectivity index (χ3n) is 6.33. The Morgan fingerprint density at radius 1 is 1.09 bits per heavy atom. The lowest BCUT2D eigenvalue weighted by Gasteiger charge is -2.34. The molecule has 6 nitrogen and oxygen atoms in total. The minimum Gasteiger partial charge on any atom is -0.354 e. The van der Waals surface area contributed by atoms with E-state index in [0.29, 0.717) is 16.4 Å². The first-order valence-electron chi connectivity index (χ1n) is 11.6. The van der Waals surface area contributed by atoms with E-state index in [1.807, 2.05) is 30.3 Å². The van der Waals surface area contributed by atoms with Crippen LogP contribution in [-0.4, -0.2) is 59.5 Å². The second kappa shape index (κ2) is 11.3. The van der Waals surface area contributed by atoms with E-state index in [0.717, 1.165) is 68.3 Å². The van der Waals surface area contributed by atoms with Gasteiger partial charge in [0.05, 0.1) is 0 Å². The maximum atomic E-state index is 12.5. The minimum absolute atomic E-state index is 0.0297. The molecule has 1 amide bonds. The Labute approximate surface area is 200 Å². The van der Waals surface area contributed by atoms with Crippen LogP contribution in [-0.2, 0) is 5.75 Å². The van der Waals surface area contributed by atoms with Gasteiger partial charge in [-0.15, -0.1) is 0 Å². The van der Waals surface area contributed by atoms with Gasteiger partial charge in [-0.2, -0.15) is 0 Å². The first kappa shape index (κ1) is 23.3. The smallest absolute Gasteiger partial charge is 0.251 e. The molecule has 0 radical (unpaired) electrons. The third kappa shape index (κ3) is 6.36. The number of anilines is 1. The molecule has 1 N–H and O–H groups in total. The number of carbonyl (C=O) groups is 1.